The van der Waals surface area contributed by atoms with Crippen LogP contribution in [-0.2, 0) is 14.4 Å². The third-order valence-electron chi connectivity index (χ3n) is 6.12. The molecule has 178 valence electrons. The van der Waals surface area contributed by atoms with Crippen LogP contribution in [0.1, 0.15) is 36.0 Å². The number of carbonyl (C=O) groups excluding carboxylic acids is 3. The van der Waals surface area contributed by atoms with Crippen LogP contribution in [0.5, 0.6) is 0 Å². The third kappa shape index (κ3) is 7.42. The first-order valence-corrected chi connectivity index (χ1v) is 11.5. The number of rotatable bonds is 8. The zero-order chi connectivity index (χ0) is 23.6. The highest BCUT2D eigenvalue weighted by Gasteiger charge is 2.29. The molecule has 0 bridgehead atoms. The number of carbonyl (C=O) groups is 4. The van der Waals surface area contributed by atoms with Crippen LogP contribution < -0.4 is 16.0 Å². The Labute approximate surface area is 193 Å². The van der Waals surface area contributed by atoms with E-state index in [0.29, 0.717) is 37.4 Å². The van der Waals surface area contributed by atoms with Crippen LogP contribution >= 0.6 is 0 Å². The molecule has 0 radical (unpaired) electrons. The normalized spacial score (nSPS) is 20.2. The van der Waals surface area contributed by atoms with Crippen LogP contribution in [0.3, 0.4) is 0 Å². The van der Waals surface area contributed by atoms with Crippen molar-refractivity contribution in [2.75, 3.05) is 32.7 Å². The number of carboxylic acid groups (broad SMARTS) is 1. The maximum Gasteiger partial charge on any atom is 0.328 e. The summed E-state index contributed by atoms with van der Waals surface area (Å²) in [4.78, 5) is 50.8. The van der Waals surface area contributed by atoms with Gasteiger partial charge in [-0.3, -0.25) is 14.4 Å². The predicted molar refractivity (Wildman–Crippen MR) is 122 cm³/mol. The van der Waals surface area contributed by atoms with Gasteiger partial charge in [0.15, 0.2) is 0 Å². The molecule has 3 amide bonds. The topological polar surface area (TPSA) is 128 Å². The van der Waals surface area contributed by atoms with Crippen LogP contribution in [0, 0.1) is 11.8 Å². The lowest BCUT2D eigenvalue weighted by Crippen LogP contribution is -2.51. The standard InChI is InChI=1S/C24H32N4O5/c29-21(9-8-17-10-12-25-13-11-17)28-14-4-7-19(16-28)22(30)26-15-20(24(32)33)27-23(31)18-5-2-1-3-6-18/h1-3,5-6,8-9,17,19-20,25H,4,7,10-16H2,(H,26,30)(H,27,31)(H,32,33)/b9-8+/t19-,20+/m1/s1. The molecule has 0 spiro atoms. The summed E-state index contributed by atoms with van der Waals surface area (Å²) in [6.45, 7) is 2.59. The largest absolute Gasteiger partial charge is 0.480 e. The summed E-state index contributed by atoms with van der Waals surface area (Å²) in [6.07, 6.45) is 6.95. The van der Waals surface area contributed by atoms with Gasteiger partial charge in [0.05, 0.1) is 5.92 Å². The summed E-state index contributed by atoms with van der Waals surface area (Å²) in [5.41, 5.74) is 0.342. The Bertz CT molecular complexity index is 867. The number of nitrogens with one attached hydrogen (secondary N) is 3. The number of allylic oxidation sites excluding steroid dienone is 1. The van der Waals surface area contributed by atoms with E-state index in [9.17, 15) is 24.3 Å². The second kappa shape index (κ2) is 12.2. The minimum atomic E-state index is -1.25. The van der Waals surface area contributed by atoms with E-state index in [2.05, 4.69) is 16.0 Å². The van der Waals surface area contributed by atoms with E-state index >= 15 is 0 Å². The number of piperidine rings is 2. The van der Waals surface area contributed by atoms with Gasteiger partial charge in [0.1, 0.15) is 6.04 Å². The van der Waals surface area contributed by atoms with Crippen molar-refractivity contribution in [3.63, 3.8) is 0 Å². The number of likely N-dealkylation sites (tertiary alicyclic amines) is 1. The molecule has 4 N–H and O–H groups in total. The van der Waals surface area contributed by atoms with Gasteiger partial charge in [0.2, 0.25) is 11.8 Å². The molecule has 2 heterocycles. The molecule has 9 nitrogen and oxygen atoms in total. The first kappa shape index (κ1) is 24.4. The monoisotopic (exact) mass is 456 g/mol. The van der Waals surface area contributed by atoms with Gasteiger partial charge in [-0.1, -0.05) is 24.3 Å². The Morgan fingerprint density at radius 2 is 1.85 bits per heavy atom. The molecule has 0 saturated carbocycles. The molecule has 2 aliphatic heterocycles. The summed E-state index contributed by atoms with van der Waals surface area (Å²) in [5, 5.41) is 17.8. The van der Waals surface area contributed by atoms with E-state index in [1.54, 1.807) is 41.3 Å². The minimum absolute atomic E-state index is 0.0930. The fourth-order valence-corrected chi connectivity index (χ4v) is 4.13. The van der Waals surface area contributed by atoms with E-state index in [1.807, 2.05) is 6.08 Å². The quantitative estimate of drug-likeness (QED) is 0.428. The van der Waals surface area contributed by atoms with E-state index in [0.717, 1.165) is 25.9 Å². The smallest absolute Gasteiger partial charge is 0.328 e. The maximum absolute atomic E-state index is 12.7. The summed E-state index contributed by atoms with van der Waals surface area (Å²) in [5.74, 6) is -2.16. The lowest BCUT2D eigenvalue weighted by molar-refractivity contribution is -0.139. The van der Waals surface area contributed by atoms with Crippen molar-refractivity contribution in [3.8, 4) is 0 Å². The number of hydrogen-bond donors (Lipinski definition) is 4. The van der Waals surface area contributed by atoms with Gasteiger partial charge < -0.3 is 26.0 Å². The SMILES string of the molecule is O=C(N[C@@H](CNC(=O)[C@@H]1CCCN(C(=O)/C=C/C2CCNCC2)C1)C(=O)O)c1ccccc1. The summed E-state index contributed by atoms with van der Waals surface area (Å²) in [6, 6.07) is 7.04. The van der Waals surface area contributed by atoms with Gasteiger partial charge in [-0.05, 0) is 62.9 Å². The van der Waals surface area contributed by atoms with Gasteiger partial charge in [0, 0.05) is 25.2 Å². The molecule has 0 unspecified atom stereocenters. The molecule has 9 heteroatoms. The van der Waals surface area contributed by atoms with Crippen LogP contribution in [-0.4, -0.2) is 72.5 Å². The third-order valence-corrected chi connectivity index (χ3v) is 6.12. The number of aliphatic carboxylic acids is 1. The van der Waals surface area contributed by atoms with Crippen LogP contribution in [0.4, 0.5) is 0 Å². The fourth-order valence-electron chi connectivity index (χ4n) is 4.13. The second-order valence-electron chi connectivity index (χ2n) is 8.55. The summed E-state index contributed by atoms with van der Waals surface area (Å²) in [7, 11) is 0. The average molecular weight is 457 g/mol. The van der Waals surface area contributed by atoms with Crippen molar-refractivity contribution >= 4 is 23.7 Å². The molecule has 1 aromatic carbocycles. The average Bonchev–Trinajstić information content (AvgIpc) is 2.85. The van der Waals surface area contributed by atoms with E-state index < -0.39 is 23.8 Å². The first-order chi connectivity index (χ1) is 15.9. The van der Waals surface area contributed by atoms with E-state index in [1.165, 1.54) is 0 Å². The second-order valence-corrected chi connectivity index (χ2v) is 8.55. The maximum atomic E-state index is 12.7. The molecule has 2 fully saturated rings. The van der Waals surface area contributed by atoms with E-state index in [4.69, 9.17) is 0 Å². The van der Waals surface area contributed by atoms with Gasteiger partial charge >= 0.3 is 5.97 Å². The lowest BCUT2D eigenvalue weighted by Gasteiger charge is -2.31. The zero-order valence-corrected chi connectivity index (χ0v) is 18.7. The Hall–Kier alpha value is -3.20. The number of carboxylic acids is 1. The van der Waals surface area contributed by atoms with Crippen molar-refractivity contribution in [2.45, 2.75) is 31.7 Å². The number of amides is 3. The molecule has 3 rings (SSSR count). The molecular weight excluding hydrogens is 424 g/mol. The molecular formula is C24H32N4O5. The van der Waals surface area contributed by atoms with Gasteiger partial charge in [-0.15, -0.1) is 0 Å². The minimum Gasteiger partial charge on any atom is -0.480 e. The number of hydrogen-bond acceptors (Lipinski definition) is 5. The molecule has 0 aromatic heterocycles. The highest BCUT2D eigenvalue weighted by Crippen LogP contribution is 2.18. The van der Waals surface area contributed by atoms with Crippen LogP contribution in [0.15, 0.2) is 42.5 Å². The molecule has 2 aliphatic rings. The first-order valence-electron chi connectivity index (χ1n) is 11.5. The molecule has 0 aliphatic carbocycles. The van der Waals surface area contributed by atoms with Crippen molar-refractivity contribution in [1.29, 1.82) is 0 Å². The number of benzene rings is 1. The molecule has 2 atom stereocenters. The Balaban J connectivity index is 1.49. The fraction of sp³-hybridized carbons (Fsp3) is 0.500. The van der Waals surface area contributed by atoms with Gasteiger partial charge in [-0.25, -0.2) is 4.79 Å². The zero-order valence-electron chi connectivity index (χ0n) is 18.7. The summed E-state index contributed by atoms with van der Waals surface area (Å²) < 4.78 is 0. The predicted octanol–water partition coefficient (Wildman–Crippen LogP) is 0.780. The van der Waals surface area contributed by atoms with Gasteiger partial charge in [-0.2, -0.15) is 0 Å². The molecule has 33 heavy (non-hydrogen) atoms. The van der Waals surface area contributed by atoms with Crippen molar-refractivity contribution in [3.05, 3.63) is 48.0 Å². The van der Waals surface area contributed by atoms with Crippen molar-refractivity contribution < 1.29 is 24.3 Å². The highest BCUT2D eigenvalue weighted by atomic mass is 16.4. The van der Waals surface area contributed by atoms with Gasteiger partial charge in [0.25, 0.3) is 5.91 Å². The lowest BCUT2D eigenvalue weighted by atomic mass is 9.96. The van der Waals surface area contributed by atoms with Crippen LogP contribution in [0.25, 0.3) is 0 Å². The van der Waals surface area contributed by atoms with E-state index in [-0.39, 0.29) is 18.4 Å². The Morgan fingerprint density at radius 1 is 1.12 bits per heavy atom. The molecule has 2 saturated heterocycles. The number of nitrogens with zero attached hydrogens (tertiary/aromatic N) is 1. The highest BCUT2D eigenvalue weighted by molar-refractivity contribution is 5.96. The summed E-state index contributed by atoms with van der Waals surface area (Å²) >= 11 is 0. The molecule has 1 aromatic rings. The Morgan fingerprint density at radius 3 is 2.55 bits per heavy atom. The van der Waals surface area contributed by atoms with Crippen molar-refractivity contribution in [1.82, 2.24) is 20.9 Å². The van der Waals surface area contributed by atoms with Crippen molar-refractivity contribution in [2.24, 2.45) is 11.8 Å². The van der Waals surface area contributed by atoms with Crippen LogP contribution in [0.2, 0.25) is 0 Å². The Kier molecular flexibility index (Phi) is 9.00.